The maximum atomic E-state index is 12.7. The topological polar surface area (TPSA) is 165 Å². The Morgan fingerprint density at radius 2 is 1.84 bits per heavy atom. The van der Waals surface area contributed by atoms with Crippen LogP contribution in [0.2, 0.25) is 0 Å². The number of hydrazone groups is 1. The summed E-state index contributed by atoms with van der Waals surface area (Å²) in [5.74, 6) is -0.757. The first-order valence-corrected chi connectivity index (χ1v) is 11.3. The number of ether oxygens (including phenoxy) is 1. The van der Waals surface area contributed by atoms with Crippen LogP contribution in [0.4, 0.5) is 5.69 Å². The van der Waals surface area contributed by atoms with Crippen molar-refractivity contribution in [1.29, 1.82) is 0 Å². The van der Waals surface area contributed by atoms with Gasteiger partial charge in [0.2, 0.25) is 0 Å². The summed E-state index contributed by atoms with van der Waals surface area (Å²) in [5, 5.41) is 15.2. The number of hydrazine groups is 1. The third-order valence-electron chi connectivity index (χ3n) is 5.57. The lowest BCUT2D eigenvalue weighted by Gasteiger charge is -2.13. The molecule has 4 rings (SSSR count). The van der Waals surface area contributed by atoms with Crippen LogP contribution >= 0.6 is 0 Å². The van der Waals surface area contributed by atoms with E-state index in [0.29, 0.717) is 47.6 Å². The summed E-state index contributed by atoms with van der Waals surface area (Å²) >= 11 is 0. The van der Waals surface area contributed by atoms with Crippen LogP contribution in [-0.2, 0) is 11.2 Å². The predicted molar refractivity (Wildman–Crippen MR) is 131 cm³/mol. The third kappa shape index (κ3) is 5.99. The van der Waals surface area contributed by atoms with Gasteiger partial charge in [-0.1, -0.05) is 24.3 Å². The van der Waals surface area contributed by atoms with E-state index in [9.17, 15) is 24.5 Å². The van der Waals surface area contributed by atoms with Crippen LogP contribution in [0, 0.1) is 17.0 Å². The summed E-state index contributed by atoms with van der Waals surface area (Å²) in [7, 11) is 0. The van der Waals surface area contributed by atoms with Gasteiger partial charge in [-0.2, -0.15) is 5.10 Å². The molecule has 3 amide bonds. The van der Waals surface area contributed by atoms with E-state index in [2.05, 4.69) is 21.4 Å². The molecule has 0 saturated heterocycles. The minimum Gasteiger partial charge on any atom is -0.484 e. The van der Waals surface area contributed by atoms with E-state index in [1.54, 1.807) is 31.2 Å². The van der Waals surface area contributed by atoms with Crippen LogP contribution in [0.15, 0.2) is 64.1 Å². The lowest BCUT2D eigenvalue weighted by atomic mass is 9.93. The Balaban J connectivity index is 1.41. The number of nitrogens with one attached hydrogen (secondary N) is 3. The number of aryl methyl sites for hydroxylation is 1. The number of non-ortho nitro benzene ring substituents is 1. The fraction of sp³-hybridized carbons (Fsp3) is 0.200. The number of hydrogen-bond donors (Lipinski definition) is 3. The maximum absolute atomic E-state index is 12.7. The lowest BCUT2D eigenvalue weighted by molar-refractivity contribution is -0.384. The Hall–Kier alpha value is -5.00. The van der Waals surface area contributed by atoms with Crippen LogP contribution in [-0.4, -0.2) is 35.0 Å². The number of furan rings is 1. The van der Waals surface area contributed by atoms with Crippen molar-refractivity contribution in [3.8, 4) is 5.75 Å². The van der Waals surface area contributed by atoms with Crippen LogP contribution in [0.5, 0.6) is 5.75 Å². The van der Waals surface area contributed by atoms with Crippen molar-refractivity contribution < 1.29 is 28.5 Å². The lowest BCUT2D eigenvalue weighted by Crippen LogP contribution is -2.43. The zero-order valence-electron chi connectivity index (χ0n) is 19.8. The van der Waals surface area contributed by atoms with Crippen molar-refractivity contribution in [2.24, 2.45) is 5.10 Å². The Morgan fingerprint density at radius 1 is 1.05 bits per heavy atom. The fourth-order valence-corrected chi connectivity index (χ4v) is 3.83. The number of hydrogen-bond acceptors (Lipinski definition) is 8. The van der Waals surface area contributed by atoms with E-state index >= 15 is 0 Å². The van der Waals surface area contributed by atoms with Gasteiger partial charge in [0, 0.05) is 35.2 Å². The van der Waals surface area contributed by atoms with Crippen LogP contribution in [0.25, 0.3) is 0 Å². The number of nitro benzene ring substituents is 1. The molecule has 12 nitrogen and oxygen atoms in total. The maximum Gasteiger partial charge on any atom is 0.305 e. The van der Waals surface area contributed by atoms with Crippen molar-refractivity contribution in [3.05, 3.63) is 92.9 Å². The molecule has 0 radical (unpaired) electrons. The number of fused-ring (bicyclic) bond motifs is 1. The minimum atomic E-state index is -0.653. The first kappa shape index (κ1) is 25.1. The Labute approximate surface area is 210 Å². The number of benzene rings is 2. The molecule has 3 N–H and O–H groups in total. The fourth-order valence-electron chi connectivity index (χ4n) is 3.83. The van der Waals surface area contributed by atoms with Gasteiger partial charge in [0.15, 0.2) is 12.4 Å². The van der Waals surface area contributed by atoms with Gasteiger partial charge < -0.3 is 9.15 Å². The van der Waals surface area contributed by atoms with E-state index in [4.69, 9.17) is 9.15 Å². The molecule has 2 aromatic carbocycles. The van der Waals surface area contributed by atoms with Gasteiger partial charge in [0.25, 0.3) is 17.5 Å². The monoisotopic (exact) mass is 505 g/mol. The van der Waals surface area contributed by atoms with Gasteiger partial charge in [-0.3, -0.25) is 35.3 Å². The van der Waals surface area contributed by atoms with Crippen LogP contribution in [0.3, 0.4) is 0 Å². The van der Waals surface area contributed by atoms with Gasteiger partial charge in [-0.05, 0) is 38.0 Å². The van der Waals surface area contributed by atoms with Crippen LogP contribution in [0.1, 0.15) is 50.6 Å². The average molecular weight is 505 g/mol. The second-order valence-corrected chi connectivity index (χ2v) is 8.12. The molecule has 37 heavy (non-hydrogen) atoms. The van der Waals surface area contributed by atoms with Crippen LogP contribution < -0.4 is 21.0 Å². The molecule has 0 bridgehead atoms. The van der Waals surface area contributed by atoms with Crippen molar-refractivity contribution in [2.75, 3.05) is 6.61 Å². The molecule has 3 aromatic rings. The summed E-state index contributed by atoms with van der Waals surface area (Å²) in [6, 6.07) is 14.1. The minimum absolute atomic E-state index is 0.00823. The second kappa shape index (κ2) is 11.2. The standard InChI is InChI=1S/C25H23N5O7/c1-15-22-19(26-28-24(32)16-7-5-8-17(13-16)30(34)35)11-6-12-20(22)37-23(15)25(33)29-27-21(31)14-36-18-9-3-2-4-10-18/h2-5,7-10,13H,6,11-12,14H2,1H3,(H,27,31)(H,28,32)(H,29,33)/b26-19+. The molecule has 1 aliphatic rings. The van der Waals surface area contributed by atoms with Gasteiger partial charge in [0.05, 0.1) is 10.6 Å². The van der Waals surface area contributed by atoms with E-state index in [1.165, 1.54) is 18.2 Å². The zero-order chi connectivity index (χ0) is 26.4. The Kier molecular flexibility index (Phi) is 7.57. The molecule has 0 unspecified atom stereocenters. The molecule has 0 aliphatic heterocycles. The first-order chi connectivity index (χ1) is 17.8. The average Bonchev–Trinajstić information content (AvgIpc) is 3.26. The molecule has 0 spiro atoms. The predicted octanol–water partition coefficient (Wildman–Crippen LogP) is 2.81. The summed E-state index contributed by atoms with van der Waals surface area (Å²) in [6.45, 7) is 1.39. The van der Waals surface area contributed by atoms with E-state index in [0.717, 1.165) is 6.07 Å². The Bertz CT molecular complexity index is 1380. The van der Waals surface area contributed by atoms with Gasteiger partial charge in [-0.25, -0.2) is 5.43 Å². The summed E-state index contributed by atoms with van der Waals surface area (Å²) in [6.07, 6.45) is 1.77. The number of carbonyl (C=O) groups excluding carboxylic acids is 3. The number of rotatable bonds is 7. The summed E-state index contributed by atoms with van der Waals surface area (Å²) in [5.41, 5.74) is 8.52. The highest BCUT2D eigenvalue weighted by Crippen LogP contribution is 2.29. The zero-order valence-corrected chi connectivity index (χ0v) is 19.8. The number of para-hydroxylation sites is 1. The molecular formula is C25H23N5O7. The van der Waals surface area contributed by atoms with Crippen molar-refractivity contribution in [3.63, 3.8) is 0 Å². The molecule has 0 saturated carbocycles. The molecule has 0 fully saturated rings. The van der Waals surface area contributed by atoms with Gasteiger partial charge >= 0.3 is 5.91 Å². The summed E-state index contributed by atoms with van der Waals surface area (Å²) in [4.78, 5) is 47.6. The van der Waals surface area contributed by atoms with E-state index in [-0.39, 0.29) is 23.6 Å². The molecule has 12 heteroatoms. The summed E-state index contributed by atoms with van der Waals surface area (Å²) < 4.78 is 11.1. The van der Waals surface area contributed by atoms with Crippen molar-refractivity contribution in [1.82, 2.24) is 16.3 Å². The third-order valence-corrected chi connectivity index (χ3v) is 5.57. The molecule has 0 atom stereocenters. The van der Waals surface area contributed by atoms with Crippen molar-refractivity contribution >= 4 is 29.1 Å². The molecular weight excluding hydrogens is 482 g/mol. The number of nitro groups is 1. The smallest absolute Gasteiger partial charge is 0.305 e. The van der Waals surface area contributed by atoms with E-state index in [1.807, 2.05) is 6.07 Å². The highest BCUT2D eigenvalue weighted by Gasteiger charge is 2.28. The van der Waals surface area contributed by atoms with Gasteiger partial charge in [-0.15, -0.1) is 0 Å². The second-order valence-electron chi connectivity index (χ2n) is 8.12. The van der Waals surface area contributed by atoms with Crippen molar-refractivity contribution in [2.45, 2.75) is 26.2 Å². The number of carbonyl (C=O) groups is 3. The highest BCUT2D eigenvalue weighted by molar-refractivity contribution is 6.07. The molecule has 1 heterocycles. The number of nitrogens with zero attached hydrogens (tertiary/aromatic N) is 2. The SMILES string of the molecule is Cc1c(C(=O)NNC(=O)COc2ccccc2)oc2c1/C(=N/NC(=O)c1cccc([N+](=O)[O-])c1)CCC2. The Morgan fingerprint density at radius 3 is 2.59 bits per heavy atom. The largest absolute Gasteiger partial charge is 0.484 e. The van der Waals surface area contributed by atoms with E-state index < -0.39 is 22.6 Å². The normalized spacial score (nSPS) is 13.4. The first-order valence-electron chi connectivity index (χ1n) is 11.3. The quantitative estimate of drug-likeness (QED) is 0.328. The molecule has 1 aliphatic carbocycles. The number of amides is 3. The molecule has 1 aromatic heterocycles. The van der Waals surface area contributed by atoms with Gasteiger partial charge in [0.1, 0.15) is 11.5 Å². The molecule has 190 valence electrons. The highest BCUT2D eigenvalue weighted by atomic mass is 16.6.